The minimum atomic E-state index is -0.902. The summed E-state index contributed by atoms with van der Waals surface area (Å²) in [6.45, 7) is 5.55. The highest BCUT2D eigenvalue weighted by atomic mass is 19.2. The first-order valence-corrected chi connectivity index (χ1v) is 9.69. The van der Waals surface area contributed by atoms with E-state index in [9.17, 15) is 13.2 Å². The first-order valence-electron chi connectivity index (χ1n) is 9.69. The van der Waals surface area contributed by atoms with Crippen LogP contribution in [0.4, 0.5) is 13.2 Å². The molecule has 0 spiro atoms. The molecule has 0 atom stereocenters. The molecule has 0 fully saturated rings. The molecule has 0 aliphatic rings. The molecule has 0 bridgehead atoms. The Balaban J connectivity index is 1.64. The Morgan fingerprint density at radius 1 is 0.867 bits per heavy atom. The third-order valence-corrected chi connectivity index (χ3v) is 4.68. The smallest absolute Gasteiger partial charge is 0.165 e. The molecule has 0 radical (unpaired) electrons. The molecule has 0 aromatic heterocycles. The van der Waals surface area contributed by atoms with Crippen LogP contribution in [0.2, 0.25) is 0 Å². The number of allylic oxidation sites excluding steroid dienone is 1. The van der Waals surface area contributed by atoms with Crippen LogP contribution in [0.15, 0.2) is 67.3 Å². The lowest BCUT2D eigenvalue weighted by Gasteiger charge is -2.11. The second-order valence-electron chi connectivity index (χ2n) is 6.90. The van der Waals surface area contributed by atoms with E-state index in [1.165, 1.54) is 25.1 Å². The van der Waals surface area contributed by atoms with Crippen molar-refractivity contribution >= 4 is 0 Å². The van der Waals surface area contributed by atoms with Gasteiger partial charge in [-0.3, -0.25) is 0 Å². The van der Waals surface area contributed by atoms with Gasteiger partial charge in [-0.1, -0.05) is 30.3 Å². The van der Waals surface area contributed by atoms with Crippen molar-refractivity contribution in [3.63, 3.8) is 0 Å². The highest BCUT2D eigenvalue weighted by Crippen LogP contribution is 2.28. The average Bonchev–Trinajstić information content (AvgIpc) is 2.75. The van der Waals surface area contributed by atoms with Crippen molar-refractivity contribution in [3.05, 3.63) is 95.8 Å². The number of ether oxygens (including phenoxy) is 2. The predicted molar refractivity (Wildman–Crippen MR) is 112 cm³/mol. The standard InChI is InChI=1S/C25H23F3O2/c1-3-4-5-14-29-21-12-13-22(23(26)15-21)18-8-10-20(11-9-18)30-16-19-7-6-17(2)24(27)25(19)28/h3,6-13,15H,1,4-5,14,16H2,2H3. The van der Waals surface area contributed by atoms with Crippen molar-refractivity contribution in [2.45, 2.75) is 26.4 Å². The van der Waals surface area contributed by atoms with Gasteiger partial charge in [-0.2, -0.15) is 0 Å². The van der Waals surface area contributed by atoms with E-state index >= 15 is 0 Å². The van der Waals surface area contributed by atoms with Gasteiger partial charge < -0.3 is 9.47 Å². The molecule has 0 saturated carbocycles. The summed E-state index contributed by atoms with van der Waals surface area (Å²) in [5, 5.41) is 0. The minimum absolute atomic E-state index is 0.103. The zero-order chi connectivity index (χ0) is 21.5. The molecule has 0 saturated heterocycles. The molecule has 0 heterocycles. The van der Waals surface area contributed by atoms with Gasteiger partial charge in [-0.15, -0.1) is 6.58 Å². The van der Waals surface area contributed by atoms with Crippen LogP contribution in [0.25, 0.3) is 11.1 Å². The summed E-state index contributed by atoms with van der Waals surface area (Å²) in [5.41, 5.74) is 1.49. The number of unbranched alkanes of at least 4 members (excludes halogenated alkanes) is 1. The second-order valence-corrected chi connectivity index (χ2v) is 6.90. The normalized spacial score (nSPS) is 10.7. The van der Waals surface area contributed by atoms with Gasteiger partial charge in [0.05, 0.1) is 6.61 Å². The number of rotatable bonds is 9. The van der Waals surface area contributed by atoms with Crippen molar-refractivity contribution in [2.75, 3.05) is 6.61 Å². The predicted octanol–water partition coefficient (Wildman–Crippen LogP) is 7.00. The van der Waals surface area contributed by atoms with E-state index in [0.29, 0.717) is 29.2 Å². The Labute approximate surface area is 174 Å². The van der Waals surface area contributed by atoms with Gasteiger partial charge in [-0.25, -0.2) is 13.2 Å². The van der Waals surface area contributed by atoms with E-state index in [1.54, 1.807) is 36.4 Å². The van der Waals surface area contributed by atoms with Crippen molar-refractivity contribution in [1.82, 2.24) is 0 Å². The zero-order valence-electron chi connectivity index (χ0n) is 16.8. The van der Waals surface area contributed by atoms with Gasteiger partial charge in [0, 0.05) is 17.2 Å². The lowest BCUT2D eigenvalue weighted by molar-refractivity contribution is 0.297. The van der Waals surface area contributed by atoms with Crippen LogP contribution in [0.5, 0.6) is 11.5 Å². The largest absolute Gasteiger partial charge is 0.493 e. The Kier molecular flexibility index (Phi) is 7.17. The van der Waals surface area contributed by atoms with E-state index in [4.69, 9.17) is 9.47 Å². The van der Waals surface area contributed by atoms with Crippen LogP contribution >= 0.6 is 0 Å². The molecule has 3 rings (SSSR count). The lowest BCUT2D eigenvalue weighted by Crippen LogP contribution is -2.02. The van der Waals surface area contributed by atoms with E-state index in [1.807, 2.05) is 6.08 Å². The van der Waals surface area contributed by atoms with Crippen LogP contribution in [0.3, 0.4) is 0 Å². The van der Waals surface area contributed by atoms with Crippen molar-refractivity contribution in [2.24, 2.45) is 0 Å². The third kappa shape index (κ3) is 5.23. The van der Waals surface area contributed by atoms with E-state index in [0.717, 1.165) is 12.8 Å². The average molecular weight is 412 g/mol. The molecule has 3 aromatic carbocycles. The quantitative estimate of drug-likeness (QED) is 0.278. The van der Waals surface area contributed by atoms with Gasteiger partial charge in [0.15, 0.2) is 11.6 Å². The summed E-state index contributed by atoms with van der Waals surface area (Å²) in [4.78, 5) is 0. The van der Waals surface area contributed by atoms with Crippen LogP contribution < -0.4 is 9.47 Å². The number of hydrogen-bond donors (Lipinski definition) is 0. The van der Waals surface area contributed by atoms with Gasteiger partial charge in [-0.05, 0) is 55.2 Å². The molecule has 0 N–H and O–H groups in total. The molecular weight excluding hydrogens is 389 g/mol. The summed E-state index contributed by atoms with van der Waals surface area (Å²) in [6.07, 6.45) is 3.49. The van der Waals surface area contributed by atoms with Gasteiger partial charge in [0.2, 0.25) is 0 Å². The van der Waals surface area contributed by atoms with Crippen molar-refractivity contribution in [1.29, 1.82) is 0 Å². The Hall–Kier alpha value is -3.21. The zero-order valence-corrected chi connectivity index (χ0v) is 16.8. The van der Waals surface area contributed by atoms with E-state index in [2.05, 4.69) is 6.58 Å². The van der Waals surface area contributed by atoms with Gasteiger partial charge >= 0.3 is 0 Å². The van der Waals surface area contributed by atoms with E-state index < -0.39 is 11.6 Å². The molecule has 0 aliphatic carbocycles. The maximum Gasteiger partial charge on any atom is 0.165 e. The first kappa shape index (κ1) is 21.5. The third-order valence-electron chi connectivity index (χ3n) is 4.68. The summed E-state index contributed by atoms with van der Waals surface area (Å²) < 4.78 is 53.1. The summed E-state index contributed by atoms with van der Waals surface area (Å²) in [6, 6.07) is 14.5. The molecule has 2 nitrogen and oxygen atoms in total. The maximum atomic E-state index is 14.5. The lowest BCUT2D eigenvalue weighted by atomic mass is 10.0. The Morgan fingerprint density at radius 3 is 2.30 bits per heavy atom. The molecule has 156 valence electrons. The van der Waals surface area contributed by atoms with Crippen LogP contribution in [0, 0.1) is 24.4 Å². The maximum absolute atomic E-state index is 14.5. The molecule has 5 heteroatoms. The molecule has 0 unspecified atom stereocenters. The van der Waals surface area contributed by atoms with E-state index in [-0.39, 0.29) is 23.6 Å². The second kappa shape index (κ2) is 10.0. The first-order chi connectivity index (χ1) is 14.5. The van der Waals surface area contributed by atoms with Crippen molar-refractivity contribution < 1.29 is 22.6 Å². The Morgan fingerprint density at radius 2 is 1.60 bits per heavy atom. The monoisotopic (exact) mass is 412 g/mol. The fraction of sp³-hybridized carbons (Fsp3) is 0.200. The molecule has 0 amide bonds. The molecular formula is C25H23F3O2. The van der Waals surface area contributed by atoms with Crippen molar-refractivity contribution in [3.8, 4) is 22.6 Å². The molecule has 30 heavy (non-hydrogen) atoms. The van der Waals surface area contributed by atoms with Gasteiger partial charge in [0.1, 0.15) is 23.9 Å². The summed E-state index contributed by atoms with van der Waals surface area (Å²) in [5.74, 6) is -1.20. The summed E-state index contributed by atoms with van der Waals surface area (Å²) >= 11 is 0. The van der Waals surface area contributed by atoms with Crippen LogP contribution in [-0.2, 0) is 6.61 Å². The molecule has 0 aliphatic heterocycles. The SMILES string of the molecule is C=CCCCOc1ccc(-c2ccc(OCc3ccc(C)c(F)c3F)cc2)c(F)c1. The van der Waals surface area contributed by atoms with Crippen LogP contribution in [0.1, 0.15) is 24.0 Å². The fourth-order valence-corrected chi connectivity index (χ4v) is 2.93. The number of aryl methyl sites for hydroxylation is 1. The minimum Gasteiger partial charge on any atom is -0.493 e. The molecule has 3 aromatic rings. The fourth-order valence-electron chi connectivity index (χ4n) is 2.93. The topological polar surface area (TPSA) is 18.5 Å². The number of hydrogen-bond acceptors (Lipinski definition) is 2. The van der Waals surface area contributed by atoms with Gasteiger partial charge in [0.25, 0.3) is 0 Å². The van der Waals surface area contributed by atoms with Crippen LogP contribution in [-0.4, -0.2) is 6.61 Å². The number of benzene rings is 3. The highest BCUT2D eigenvalue weighted by Gasteiger charge is 2.12. The summed E-state index contributed by atoms with van der Waals surface area (Å²) in [7, 11) is 0. The Bertz CT molecular complexity index is 1010. The number of halogens is 3. The highest BCUT2D eigenvalue weighted by molar-refractivity contribution is 5.65.